The second-order valence-corrected chi connectivity index (χ2v) is 6.73. The number of rotatable bonds is 2. The number of aryl methyl sites for hydroxylation is 1. The Bertz CT molecular complexity index is 796. The lowest BCUT2D eigenvalue weighted by atomic mass is 10.1. The van der Waals surface area contributed by atoms with E-state index in [9.17, 15) is 13.2 Å². The Kier molecular flexibility index (Phi) is 4.02. The first-order chi connectivity index (χ1) is 10.4. The van der Waals surface area contributed by atoms with Crippen LogP contribution < -0.4 is 3.11 Å². The molecule has 0 aliphatic rings. The van der Waals surface area contributed by atoms with Crippen molar-refractivity contribution >= 4 is 50.1 Å². The Morgan fingerprint density at radius 2 is 1.86 bits per heavy atom. The monoisotopic (exact) mass is 434 g/mol. The fourth-order valence-corrected chi connectivity index (χ4v) is 3.64. The van der Waals surface area contributed by atoms with Crippen LogP contribution in [-0.2, 0) is 0 Å². The molecule has 0 saturated heterocycles. The van der Waals surface area contributed by atoms with Crippen LogP contribution in [-0.4, -0.2) is 11.3 Å². The molecule has 0 aliphatic carbocycles. The molecule has 0 saturated carbocycles. The largest absolute Gasteiger partial charge is 0.493 e. The van der Waals surface area contributed by atoms with E-state index in [2.05, 4.69) is 4.98 Å². The molecule has 3 aromatic rings. The Morgan fingerprint density at radius 3 is 2.50 bits per heavy atom. The van der Waals surface area contributed by atoms with Crippen LogP contribution >= 0.6 is 34.2 Å². The van der Waals surface area contributed by atoms with Gasteiger partial charge in [0, 0.05) is 5.56 Å². The van der Waals surface area contributed by atoms with Gasteiger partial charge in [0.2, 0.25) is 0 Å². The van der Waals surface area contributed by atoms with E-state index in [0.29, 0.717) is 8.68 Å². The minimum absolute atomic E-state index is 0.137. The van der Waals surface area contributed by atoms with Crippen molar-refractivity contribution in [3.8, 4) is 10.6 Å². The summed E-state index contributed by atoms with van der Waals surface area (Å²) < 4.78 is 39.7. The summed E-state index contributed by atoms with van der Waals surface area (Å²) in [6, 6.07) is 12.7. The number of benzene rings is 2. The highest BCUT2D eigenvalue weighted by molar-refractivity contribution is 14.1. The molecule has 0 aliphatic heterocycles. The lowest BCUT2D eigenvalue weighted by Crippen LogP contribution is -2.28. The van der Waals surface area contributed by atoms with Gasteiger partial charge in [0.05, 0.1) is 38.8 Å². The minimum Gasteiger partial charge on any atom is -0.236 e. The van der Waals surface area contributed by atoms with Gasteiger partial charge < -0.3 is 0 Å². The molecule has 0 N–H and O–H groups in total. The van der Waals surface area contributed by atoms with Gasteiger partial charge in [-0.3, -0.25) is 0 Å². The lowest BCUT2D eigenvalue weighted by molar-refractivity contribution is -0.111. The van der Waals surface area contributed by atoms with E-state index in [1.807, 2.05) is 24.3 Å². The Labute approximate surface area is 143 Å². The van der Waals surface area contributed by atoms with Gasteiger partial charge in [-0.25, -0.2) is 8.10 Å². The third-order valence-electron chi connectivity index (χ3n) is 3.17. The van der Waals surface area contributed by atoms with Crippen LogP contribution in [0.5, 0.6) is 0 Å². The number of para-hydroxylation sites is 1. The van der Waals surface area contributed by atoms with E-state index < -0.39 is 6.30 Å². The minimum atomic E-state index is -4.40. The lowest BCUT2D eigenvalue weighted by Gasteiger charge is -2.21. The van der Waals surface area contributed by atoms with Crippen LogP contribution in [0.15, 0.2) is 42.5 Å². The number of fused-ring (bicyclic) bond motifs is 1. The molecule has 3 rings (SSSR count). The maximum atomic E-state index is 12.8. The molecule has 1 aromatic heterocycles. The number of aromatic nitrogens is 1. The van der Waals surface area contributed by atoms with Gasteiger partial charge in [-0.15, -0.1) is 24.5 Å². The molecule has 0 radical (unpaired) electrons. The SMILES string of the molecule is Cc1cc(-c2nc3ccccc3s2)ccc1N(I)C(F)(F)F. The smallest absolute Gasteiger partial charge is 0.236 e. The van der Waals surface area contributed by atoms with Crippen molar-refractivity contribution < 1.29 is 13.2 Å². The number of nitrogens with zero attached hydrogens (tertiary/aromatic N) is 2. The van der Waals surface area contributed by atoms with E-state index in [1.165, 1.54) is 40.3 Å². The Balaban J connectivity index is 2.01. The summed E-state index contributed by atoms with van der Waals surface area (Å²) in [7, 11) is 0. The maximum Gasteiger partial charge on any atom is 0.493 e. The molecule has 2 aromatic carbocycles. The first-order valence-corrected chi connectivity index (χ1v) is 8.14. The van der Waals surface area contributed by atoms with Gasteiger partial charge in [-0.1, -0.05) is 12.1 Å². The highest BCUT2D eigenvalue weighted by Crippen LogP contribution is 2.37. The van der Waals surface area contributed by atoms with Crippen molar-refractivity contribution in [1.82, 2.24) is 4.98 Å². The van der Waals surface area contributed by atoms with Crippen molar-refractivity contribution in [1.29, 1.82) is 0 Å². The molecular weight excluding hydrogens is 424 g/mol. The van der Waals surface area contributed by atoms with Crippen LogP contribution in [0.4, 0.5) is 18.9 Å². The molecule has 114 valence electrons. The zero-order valence-corrected chi connectivity index (χ0v) is 14.3. The maximum absolute atomic E-state index is 12.8. The van der Waals surface area contributed by atoms with E-state index in [1.54, 1.807) is 19.1 Å². The molecule has 22 heavy (non-hydrogen) atoms. The fraction of sp³-hybridized carbons (Fsp3) is 0.133. The molecule has 7 heteroatoms. The van der Waals surface area contributed by atoms with Gasteiger partial charge in [0.15, 0.2) is 0 Å². The molecular formula is C15H10F3IN2S. The van der Waals surface area contributed by atoms with E-state index in [-0.39, 0.29) is 5.69 Å². The highest BCUT2D eigenvalue weighted by Gasteiger charge is 2.36. The summed E-state index contributed by atoms with van der Waals surface area (Å²) in [6.45, 7) is 1.67. The highest BCUT2D eigenvalue weighted by atomic mass is 127. The number of anilines is 1. The van der Waals surface area contributed by atoms with Crippen molar-refractivity contribution in [3.05, 3.63) is 48.0 Å². The number of halogens is 4. The molecule has 0 spiro atoms. The topological polar surface area (TPSA) is 16.1 Å². The van der Waals surface area contributed by atoms with Gasteiger partial charge >= 0.3 is 6.30 Å². The molecule has 0 fully saturated rings. The Morgan fingerprint density at radius 1 is 1.14 bits per heavy atom. The summed E-state index contributed by atoms with van der Waals surface area (Å²) in [4.78, 5) is 4.53. The predicted molar refractivity (Wildman–Crippen MR) is 92.3 cm³/mol. The average Bonchev–Trinajstić information content (AvgIpc) is 2.89. The number of hydrogen-bond donors (Lipinski definition) is 0. The normalized spacial score (nSPS) is 11.9. The Hall–Kier alpha value is -1.35. The van der Waals surface area contributed by atoms with E-state index >= 15 is 0 Å². The first kappa shape index (κ1) is 15.5. The van der Waals surface area contributed by atoms with Gasteiger partial charge in [-0.2, -0.15) is 0 Å². The van der Waals surface area contributed by atoms with Gasteiger partial charge in [-0.05, 0) is 42.8 Å². The number of thiazole rings is 1. The van der Waals surface area contributed by atoms with Crippen LogP contribution in [0.25, 0.3) is 20.8 Å². The second kappa shape index (κ2) is 5.69. The molecule has 0 unspecified atom stereocenters. The summed E-state index contributed by atoms with van der Waals surface area (Å²) in [5.41, 5.74) is 2.42. The van der Waals surface area contributed by atoms with Crippen molar-refractivity contribution in [2.45, 2.75) is 13.2 Å². The third kappa shape index (κ3) is 2.91. The molecule has 2 nitrogen and oxygen atoms in total. The van der Waals surface area contributed by atoms with Crippen LogP contribution in [0, 0.1) is 6.92 Å². The number of hydrogen-bond acceptors (Lipinski definition) is 3. The van der Waals surface area contributed by atoms with Crippen LogP contribution in [0.1, 0.15) is 5.56 Å². The van der Waals surface area contributed by atoms with Crippen molar-refractivity contribution in [3.63, 3.8) is 0 Å². The fourth-order valence-electron chi connectivity index (χ4n) is 2.14. The van der Waals surface area contributed by atoms with E-state index in [0.717, 1.165) is 20.8 Å². The average molecular weight is 434 g/mol. The third-order valence-corrected chi connectivity index (χ3v) is 5.32. The van der Waals surface area contributed by atoms with Crippen molar-refractivity contribution in [2.24, 2.45) is 0 Å². The summed E-state index contributed by atoms with van der Waals surface area (Å²) in [5, 5.41) is 0.808. The van der Waals surface area contributed by atoms with Crippen molar-refractivity contribution in [2.75, 3.05) is 3.11 Å². The molecule has 0 atom stereocenters. The van der Waals surface area contributed by atoms with Crippen LogP contribution in [0.3, 0.4) is 0 Å². The zero-order chi connectivity index (χ0) is 15.9. The number of alkyl halides is 3. The van der Waals surface area contributed by atoms with Gasteiger partial charge in [0.1, 0.15) is 5.01 Å². The summed E-state index contributed by atoms with van der Waals surface area (Å²) in [5.74, 6) is 0. The summed E-state index contributed by atoms with van der Waals surface area (Å²) in [6.07, 6.45) is -4.40. The standard InChI is InChI=1S/C15H10F3IN2S/c1-9-8-10(6-7-12(9)21(19)15(16,17)18)14-20-11-4-2-3-5-13(11)22-14/h2-8H,1H3. The predicted octanol–water partition coefficient (Wildman–Crippen LogP) is 5.95. The van der Waals surface area contributed by atoms with Crippen LogP contribution in [0.2, 0.25) is 0 Å². The molecule has 0 amide bonds. The summed E-state index contributed by atoms with van der Waals surface area (Å²) >= 11 is 2.80. The molecule has 0 bridgehead atoms. The van der Waals surface area contributed by atoms with Gasteiger partial charge in [0.25, 0.3) is 0 Å². The quantitative estimate of drug-likeness (QED) is 0.282. The second-order valence-electron chi connectivity index (χ2n) is 4.74. The first-order valence-electron chi connectivity index (χ1n) is 6.35. The molecule has 1 heterocycles. The van der Waals surface area contributed by atoms with E-state index in [4.69, 9.17) is 0 Å². The zero-order valence-electron chi connectivity index (χ0n) is 11.4.